The molecule has 0 fully saturated rings. The Morgan fingerprint density at radius 2 is 1.93 bits per heavy atom. The maximum atomic E-state index is 9.84. The van der Waals surface area contributed by atoms with Crippen molar-refractivity contribution in [1.29, 1.82) is 0 Å². The van der Waals surface area contributed by atoms with Crippen LogP contribution in [0.1, 0.15) is 11.7 Å². The number of hydrogen-bond donors (Lipinski definition) is 3. The molecule has 1 unspecified atom stereocenters. The van der Waals surface area contributed by atoms with Crippen molar-refractivity contribution in [3.8, 4) is 0 Å². The Labute approximate surface area is 99.2 Å². The molecule has 84 valence electrons. The Kier molecular flexibility index (Phi) is 5.36. The van der Waals surface area contributed by atoms with Crippen LogP contribution in [0.15, 0.2) is 18.2 Å². The van der Waals surface area contributed by atoms with Gasteiger partial charge in [-0.05, 0) is 12.1 Å². The van der Waals surface area contributed by atoms with Crippen LogP contribution in [0, 0.1) is 0 Å². The van der Waals surface area contributed by atoms with Crippen molar-refractivity contribution in [2.24, 2.45) is 5.73 Å². The van der Waals surface area contributed by atoms with E-state index in [1.807, 2.05) is 0 Å². The van der Waals surface area contributed by atoms with E-state index in [-0.39, 0.29) is 0 Å². The summed E-state index contributed by atoms with van der Waals surface area (Å²) in [6, 6.07) is 5.15. The summed E-state index contributed by atoms with van der Waals surface area (Å²) in [6.07, 6.45) is -0.710. The molecule has 0 saturated carbocycles. The lowest BCUT2D eigenvalue weighted by atomic mass is 10.1. The van der Waals surface area contributed by atoms with Gasteiger partial charge in [-0.2, -0.15) is 0 Å². The zero-order valence-corrected chi connectivity index (χ0v) is 9.72. The number of benzene rings is 1. The molecular formula is C10H14Cl2N2O. The Morgan fingerprint density at radius 3 is 2.47 bits per heavy atom. The summed E-state index contributed by atoms with van der Waals surface area (Å²) in [6.45, 7) is 1.57. The number of nitrogens with two attached hydrogens (primary N) is 1. The van der Waals surface area contributed by atoms with Gasteiger partial charge in [0.25, 0.3) is 0 Å². The van der Waals surface area contributed by atoms with Crippen molar-refractivity contribution in [1.82, 2.24) is 5.32 Å². The number of aliphatic hydroxyl groups excluding tert-OH is 1. The SMILES string of the molecule is NCCNCC(O)c1c(Cl)cccc1Cl. The Bertz CT molecular complexity index is 300. The number of nitrogens with one attached hydrogen (secondary N) is 1. The van der Waals surface area contributed by atoms with Crippen LogP contribution in [0.5, 0.6) is 0 Å². The molecule has 0 spiro atoms. The standard InChI is InChI=1S/C10H14Cl2N2O/c11-7-2-1-3-8(12)10(7)9(15)6-14-5-4-13/h1-3,9,14-15H,4-6,13H2. The van der Waals surface area contributed by atoms with Crippen LogP contribution in [0.25, 0.3) is 0 Å². The van der Waals surface area contributed by atoms with Gasteiger partial charge in [0.05, 0.1) is 6.10 Å². The van der Waals surface area contributed by atoms with Gasteiger partial charge in [0.15, 0.2) is 0 Å². The normalized spacial score (nSPS) is 12.8. The van der Waals surface area contributed by atoms with Crippen molar-refractivity contribution in [2.75, 3.05) is 19.6 Å². The molecule has 15 heavy (non-hydrogen) atoms. The molecule has 1 rings (SSSR count). The second kappa shape index (κ2) is 6.30. The second-order valence-corrected chi connectivity index (χ2v) is 3.96. The Balaban J connectivity index is 2.68. The van der Waals surface area contributed by atoms with E-state index < -0.39 is 6.10 Å². The summed E-state index contributed by atoms with van der Waals surface area (Å²) in [4.78, 5) is 0. The maximum absolute atomic E-state index is 9.84. The van der Waals surface area contributed by atoms with E-state index in [0.29, 0.717) is 35.2 Å². The summed E-state index contributed by atoms with van der Waals surface area (Å²) in [5, 5.41) is 13.8. The summed E-state index contributed by atoms with van der Waals surface area (Å²) in [5.74, 6) is 0. The van der Waals surface area contributed by atoms with Crippen LogP contribution in [0.2, 0.25) is 10.0 Å². The van der Waals surface area contributed by atoms with Crippen molar-refractivity contribution in [3.05, 3.63) is 33.8 Å². The van der Waals surface area contributed by atoms with Crippen LogP contribution in [-0.4, -0.2) is 24.7 Å². The maximum Gasteiger partial charge on any atom is 0.0943 e. The molecule has 0 aliphatic carbocycles. The molecule has 1 aromatic carbocycles. The Hall–Kier alpha value is -0.320. The van der Waals surface area contributed by atoms with Gasteiger partial charge in [0, 0.05) is 35.2 Å². The fraction of sp³-hybridized carbons (Fsp3) is 0.400. The molecule has 0 radical (unpaired) electrons. The lowest BCUT2D eigenvalue weighted by molar-refractivity contribution is 0.175. The first kappa shape index (κ1) is 12.7. The van der Waals surface area contributed by atoms with E-state index in [2.05, 4.69) is 5.32 Å². The largest absolute Gasteiger partial charge is 0.387 e. The van der Waals surface area contributed by atoms with Crippen molar-refractivity contribution < 1.29 is 5.11 Å². The number of aliphatic hydroxyl groups is 1. The molecule has 5 heteroatoms. The highest BCUT2D eigenvalue weighted by molar-refractivity contribution is 6.36. The lowest BCUT2D eigenvalue weighted by Gasteiger charge is -2.14. The predicted octanol–water partition coefficient (Wildman–Crippen LogP) is 1.58. The first-order valence-electron chi connectivity index (χ1n) is 4.69. The van der Waals surface area contributed by atoms with Crippen LogP contribution < -0.4 is 11.1 Å². The minimum absolute atomic E-state index is 0.390. The van der Waals surface area contributed by atoms with Crippen molar-refractivity contribution in [2.45, 2.75) is 6.10 Å². The zero-order chi connectivity index (χ0) is 11.3. The van der Waals surface area contributed by atoms with Gasteiger partial charge in [0.1, 0.15) is 0 Å². The van der Waals surface area contributed by atoms with Gasteiger partial charge >= 0.3 is 0 Å². The third-order valence-corrected chi connectivity index (χ3v) is 2.65. The van der Waals surface area contributed by atoms with Gasteiger partial charge in [-0.3, -0.25) is 0 Å². The van der Waals surface area contributed by atoms with Crippen LogP contribution in [0.3, 0.4) is 0 Å². The monoisotopic (exact) mass is 248 g/mol. The van der Waals surface area contributed by atoms with Crippen LogP contribution in [-0.2, 0) is 0 Å². The van der Waals surface area contributed by atoms with E-state index in [1.165, 1.54) is 0 Å². The Morgan fingerprint density at radius 1 is 1.33 bits per heavy atom. The van der Waals surface area contributed by atoms with Gasteiger partial charge in [-0.1, -0.05) is 29.3 Å². The van der Waals surface area contributed by atoms with Gasteiger partial charge in [-0.25, -0.2) is 0 Å². The van der Waals surface area contributed by atoms with Gasteiger partial charge < -0.3 is 16.2 Å². The lowest BCUT2D eigenvalue weighted by Crippen LogP contribution is -2.27. The van der Waals surface area contributed by atoms with E-state index >= 15 is 0 Å². The first-order chi connectivity index (χ1) is 7.16. The molecule has 0 saturated heterocycles. The average molecular weight is 249 g/mol. The fourth-order valence-electron chi connectivity index (χ4n) is 1.27. The predicted molar refractivity (Wildman–Crippen MR) is 63.3 cm³/mol. The quantitative estimate of drug-likeness (QED) is 0.694. The number of rotatable bonds is 5. The minimum Gasteiger partial charge on any atom is -0.387 e. The summed E-state index contributed by atoms with van der Waals surface area (Å²) in [7, 11) is 0. The second-order valence-electron chi connectivity index (χ2n) is 3.14. The van der Waals surface area contributed by atoms with Crippen molar-refractivity contribution >= 4 is 23.2 Å². The molecule has 3 nitrogen and oxygen atoms in total. The molecule has 0 aliphatic rings. The van der Waals surface area contributed by atoms with E-state index in [0.717, 1.165) is 0 Å². The highest BCUT2D eigenvalue weighted by Gasteiger charge is 2.14. The smallest absolute Gasteiger partial charge is 0.0943 e. The van der Waals surface area contributed by atoms with E-state index in [1.54, 1.807) is 18.2 Å². The van der Waals surface area contributed by atoms with Gasteiger partial charge in [0.2, 0.25) is 0 Å². The zero-order valence-electron chi connectivity index (χ0n) is 8.21. The van der Waals surface area contributed by atoms with Crippen molar-refractivity contribution in [3.63, 3.8) is 0 Å². The first-order valence-corrected chi connectivity index (χ1v) is 5.45. The highest BCUT2D eigenvalue weighted by atomic mass is 35.5. The highest BCUT2D eigenvalue weighted by Crippen LogP contribution is 2.29. The molecule has 0 heterocycles. The number of hydrogen-bond acceptors (Lipinski definition) is 3. The summed E-state index contributed by atoms with van der Waals surface area (Å²) < 4.78 is 0. The average Bonchev–Trinajstić information content (AvgIpc) is 2.18. The summed E-state index contributed by atoms with van der Waals surface area (Å²) >= 11 is 11.9. The molecule has 1 aromatic rings. The number of halogens is 2. The topological polar surface area (TPSA) is 58.3 Å². The third-order valence-electron chi connectivity index (χ3n) is 1.99. The van der Waals surface area contributed by atoms with Gasteiger partial charge in [-0.15, -0.1) is 0 Å². The molecule has 0 bridgehead atoms. The molecule has 0 amide bonds. The molecule has 0 aromatic heterocycles. The molecule has 4 N–H and O–H groups in total. The fourth-order valence-corrected chi connectivity index (χ4v) is 1.92. The minimum atomic E-state index is -0.710. The van der Waals surface area contributed by atoms with E-state index in [9.17, 15) is 5.11 Å². The third kappa shape index (κ3) is 3.63. The molecule has 1 atom stereocenters. The molecule has 0 aliphatic heterocycles. The van der Waals surface area contributed by atoms with Crippen LogP contribution in [0.4, 0.5) is 0 Å². The summed E-state index contributed by atoms with van der Waals surface area (Å²) in [5.41, 5.74) is 5.88. The molecular weight excluding hydrogens is 235 g/mol. The van der Waals surface area contributed by atoms with E-state index in [4.69, 9.17) is 28.9 Å². The van der Waals surface area contributed by atoms with Crippen LogP contribution >= 0.6 is 23.2 Å².